The molecule has 0 aromatic heterocycles. The van der Waals surface area contributed by atoms with Crippen molar-refractivity contribution in [2.75, 3.05) is 0 Å². The van der Waals surface area contributed by atoms with Gasteiger partial charge in [0.2, 0.25) is 0 Å². The Morgan fingerprint density at radius 3 is 2.67 bits per heavy atom. The molecule has 0 saturated heterocycles. The van der Waals surface area contributed by atoms with Crippen LogP contribution in [0.5, 0.6) is 0 Å². The van der Waals surface area contributed by atoms with Crippen molar-refractivity contribution in [3.05, 3.63) is 47.6 Å². The summed E-state index contributed by atoms with van der Waals surface area (Å²) in [7, 11) is 0. The summed E-state index contributed by atoms with van der Waals surface area (Å²) in [6.45, 7) is 17.0. The van der Waals surface area contributed by atoms with E-state index >= 15 is 0 Å². The fourth-order valence-electron chi connectivity index (χ4n) is 6.67. The minimum atomic E-state index is -0.543. The van der Waals surface area contributed by atoms with Gasteiger partial charge in [-0.05, 0) is 98.7 Å². The van der Waals surface area contributed by atoms with Gasteiger partial charge in [0.1, 0.15) is 0 Å². The highest BCUT2D eigenvalue weighted by Crippen LogP contribution is 2.60. The summed E-state index contributed by atoms with van der Waals surface area (Å²) in [5, 5.41) is 20.2. The van der Waals surface area contributed by atoms with Gasteiger partial charge in [-0.2, -0.15) is 0 Å². The van der Waals surface area contributed by atoms with Gasteiger partial charge in [0, 0.05) is 6.42 Å². The Labute approximate surface area is 184 Å². The second-order valence-corrected chi connectivity index (χ2v) is 11.4. The van der Waals surface area contributed by atoms with E-state index in [1.165, 1.54) is 44.1 Å². The summed E-state index contributed by atoms with van der Waals surface area (Å²) in [5.74, 6) is 2.20. The molecule has 3 fully saturated rings. The monoisotopic (exact) mass is 412 g/mol. The lowest BCUT2D eigenvalue weighted by Crippen LogP contribution is -2.36. The first-order chi connectivity index (χ1) is 14.0. The molecule has 5 atom stereocenters. The topological polar surface area (TPSA) is 40.5 Å². The van der Waals surface area contributed by atoms with Gasteiger partial charge in [-0.1, -0.05) is 57.6 Å². The van der Waals surface area contributed by atoms with Crippen LogP contribution in [0.4, 0.5) is 0 Å². The largest absolute Gasteiger partial charge is 0.390 e. The van der Waals surface area contributed by atoms with Crippen LogP contribution in [0.1, 0.15) is 91.9 Å². The third-order valence-corrected chi connectivity index (χ3v) is 8.45. The van der Waals surface area contributed by atoms with Crippen LogP contribution in [-0.2, 0) is 0 Å². The normalized spacial score (nSPS) is 36.4. The highest BCUT2D eigenvalue weighted by atomic mass is 16.3. The Balaban J connectivity index is 1.69. The molecule has 0 radical (unpaired) electrons. The van der Waals surface area contributed by atoms with E-state index in [-0.39, 0.29) is 0 Å². The zero-order valence-corrected chi connectivity index (χ0v) is 19.8. The Kier molecular flexibility index (Phi) is 7.19. The lowest BCUT2D eigenvalue weighted by molar-refractivity contribution is 0.0596. The highest BCUT2D eigenvalue weighted by molar-refractivity contribution is 5.41. The van der Waals surface area contributed by atoms with E-state index in [1.807, 2.05) is 13.8 Å². The molecule has 3 rings (SSSR count). The molecule has 0 aliphatic heterocycles. The van der Waals surface area contributed by atoms with Crippen molar-refractivity contribution in [1.29, 1.82) is 0 Å². The fourth-order valence-corrected chi connectivity index (χ4v) is 6.67. The van der Waals surface area contributed by atoms with Crippen molar-refractivity contribution in [2.45, 2.75) is 104 Å². The van der Waals surface area contributed by atoms with E-state index < -0.39 is 11.7 Å². The van der Waals surface area contributed by atoms with Gasteiger partial charge in [-0.15, -0.1) is 0 Å². The molecular weight excluding hydrogens is 368 g/mol. The second kappa shape index (κ2) is 9.17. The summed E-state index contributed by atoms with van der Waals surface area (Å²) in [4.78, 5) is 0. The van der Waals surface area contributed by atoms with E-state index in [1.54, 1.807) is 5.57 Å². The van der Waals surface area contributed by atoms with Crippen LogP contribution in [-0.4, -0.2) is 21.9 Å². The fraction of sp³-hybridized carbons (Fsp3) is 0.714. The van der Waals surface area contributed by atoms with Gasteiger partial charge in [-0.3, -0.25) is 0 Å². The maximum atomic E-state index is 10.2. The SMILES string of the molecule is C=C1CC(=C)[C@H](O)C/C1=C/C=C1\CCC[C@@]2(C)C1CCC2[C@H](C)CCCC(C)(C)O. The zero-order valence-electron chi connectivity index (χ0n) is 19.8. The molecule has 2 unspecified atom stereocenters. The molecule has 0 heterocycles. The Hall–Kier alpha value is -1.12. The Bertz CT molecular complexity index is 719. The van der Waals surface area contributed by atoms with Crippen LogP contribution in [0, 0.1) is 23.2 Å². The van der Waals surface area contributed by atoms with E-state index in [2.05, 4.69) is 39.2 Å². The molecule has 0 amide bonds. The predicted molar refractivity (Wildman–Crippen MR) is 127 cm³/mol. The number of rotatable bonds is 6. The standard InChI is InChI=1S/C28H44O2/c1-19(9-7-15-27(4,5)30)24-13-14-25-22(10-8-16-28(24,25)6)11-12-23-18-26(29)21(3)17-20(23)2/h11-12,19,24-26,29-30H,2-3,7-10,13-18H2,1,4-6H3/b22-11+,23-12-/t19-,24?,25?,26-,28-/m1/s1. The summed E-state index contributed by atoms with van der Waals surface area (Å²) in [6, 6.07) is 0. The molecule has 3 saturated carbocycles. The van der Waals surface area contributed by atoms with Crippen molar-refractivity contribution in [3.8, 4) is 0 Å². The van der Waals surface area contributed by atoms with Gasteiger partial charge >= 0.3 is 0 Å². The molecule has 2 heteroatoms. The number of aliphatic hydroxyl groups excluding tert-OH is 1. The first-order valence-corrected chi connectivity index (χ1v) is 12.2. The first kappa shape index (κ1) is 23.5. The van der Waals surface area contributed by atoms with Crippen molar-refractivity contribution >= 4 is 0 Å². The van der Waals surface area contributed by atoms with E-state index in [0.29, 0.717) is 17.8 Å². The quantitative estimate of drug-likeness (QED) is 0.466. The summed E-state index contributed by atoms with van der Waals surface area (Å²) >= 11 is 0. The van der Waals surface area contributed by atoms with Crippen LogP contribution in [0.15, 0.2) is 47.6 Å². The predicted octanol–water partition coefficient (Wildman–Crippen LogP) is 6.90. The summed E-state index contributed by atoms with van der Waals surface area (Å²) in [6.07, 6.45) is 15.3. The van der Waals surface area contributed by atoms with Crippen molar-refractivity contribution in [3.63, 3.8) is 0 Å². The van der Waals surface area contributed by atoms with E-state index in [4.69, 9.17) is 0 Å². The van der Waals surface area contributed by atoms with Crippen LogP contribution in [0.25, 0.3) is 0 Å². The van der Waals surface area contributed by atoms with Crippen molar-refractivity contribution in [2.24, 2.45) is 23.2 Å². The van der Waals surface area contributed by atoms with Crippen LogP contribution >= 0.6 is 0 Å². The van der Waals surface area contributed by atoms with E-state index in [9.17, 15) is 10.2 Å². The highest BCUT2D eigenvalue weighted by Gasteiger charge is 2.50. The van der Waals surface area contributed by atoms with Crippen molar-refractivity contribution < 1.29 is 10.2 Å². The Morgan fingerprint density at radius 1 is 1.23 bits per heavy atom. The van der Waals surface area contributed by atoms with Gasteiger partial charge < -0.3 is 10.2 Å². The van der Waals surface area contributed by atoms with Gasteiger partial charge in [0.15, 0.2) is 0 Å². The number of fused-ring (bicyclic) bond motifs is 1. The second-order valence-electron chi connectivity index (χ2n) is 11.4. The Morgan fingerprint density at radius 2 is 1.97 bits per heavy atom. The molecule has 0 aromatic rings. The first-order valence-electron chi connectivity index (χ1n) is 12.2. The van der Waals surface area contributed by atoms with Crippen molar-refractivity contribution in [1.82, 2.24) is 0 Å². The summed E-state index contributed by atoms with van der Waals surface area (Å²) < 4.78 is 0. The molecular formula is C28H44O2. The van der Waals surface area contributed by atoms with E-state index in [0.717, 1.165) is 42.2 Å². The average molecular weight is 413 g/mol. The zero-order chi connectivity index (χ0) is 22.1. The lowest BCUT2D eigenvalue weighted by atomic mass is 9.60. The third kappa shape index (κ3) is 5.19. The molecule has 0 aromatic carbocycles. The number of hydrogen-bond donors (Lipinski definition) is 2. The lowest BCUT2D eigenvalue weighted by Gasteiger charge is -2.44. The van der Waals surface area contributed by atoms with Gasteiger partial charge in [0.05, 0.1) is 11.7 Å². The molecule has 0 spiro atoms. The minimum Gasteiger partial charge on any atom is -0.390 e. The third-order valence-electron chi connectivity index (χ3n) is 8.45. The molecule has 3 aliphatic carbocycles. The number of aliphatic hydroxyl groups is 2. The van der Waals surface area contributed by atoms with Crippen LogP contribution in [0.2, 0.25) is 0 Å². The maximum Gasteiger partial charge on any atom is 0.0791 e. The smallest absolute Gasteiger partial charge is 0.0791 e. The molecule has 3 aliphatic rings. The van der Waals surface area contributed by atoms with Gasteiger partial charge in [-0.25, -0.2) is 0 Å². The minimum absolute atomic E-state index is 0.411. The average Bonchev–Trinajstić information content (AvgIpc) is 3.00. The van der Waals surface area contributed by atoms with Gasteiger partial charge in [0.25, 0.3) is 0 Å². The number of hydrogen-bond acceptors (Lipinski definition) is 2. The molecule has 30 heavy (non-hydrogen) atoms. The molecule has 0 bridgehead atoms. The molecule has 2 N–H and O–H groups in total. The molecule has 168 valence electrons. The summed E-state index contributed by atoms with van der Waals surface area (Å²) in [5.41, 5.74) is 4.70. The van der Waals surface area contributed by atoms with Crippen LogP contribution < -0.4 is 0 Å². The maximum absolute atomic E-state index is 10.2. The number of allylic oxidation sites excluding steroid dienone is 4. The molecule has 2 nitrogen and oxygen atoms in total. The van der Waals surface area contributed by atoms with Crippen LogP contribution in [0.3, 0.4) is 0 Å².